The second-order valence-electron chi connectivity index (χ2n) is 3.64. The number of rotatable bonds is 7. The topological polar surface area (TPSA) is 122 Å². The molecule has 1 aromatic carbocycles. The van der Waals surface area contributed by atoms with E-state index < -0.39 is 28.5 Å². The number of hydroxylamine groups is 1. The number of sulfonamides is 1. The first-order valence-electron chi connectivity index (χ1n) is 5.60. The van der Waals surface area contributed by atoms with Gasteiger partial charge in [0.15, 0.2) is 6.61 Å². The zero-order chi connectivity index (χ0) is 15.2. The van der Waals surface area contributed by atoms with Gasteiger partial charge in [-0.1, -0.05) is 6.92 Å². The lowest BCUT2D eigenvalue weighted by Crippen LogP contribution is -2.27. The molecule has 0 saturated carbocycles. The van der Waals surface area contributed by atoms with E-state index >= 15 is 0 Å². The number of aliphatic carboxylic acids is 1. The standard InChI is InChI=1S/C11H14N2O6S/c1-2-12-20(17,18)9-5-3-8(4-6-9)11(16)13-19-7-10(14)15/h3-6,12H,2,7H2,1H3,(H,13,16)(H,14,15). The molecular formula is C11H14N2O6S. The summed E-state index contributed by atoms with van der Waals surface area (Å²) in [6, 6.07) is 5.13. The minimum Gasteiger partial charge on any atom is -0.479 e. The summed E-state index contributed by atoms with van der Waals surface area (Å²) in [4.78, 5) is 26.2. The summed E-state index contributed by atoms with van der Waals surface area (Å²) in [6.07, 6.45) is 0. The van der Waals surface area contributed by atoms with Crippen molar-refractivity contribution in [3.63, 3.8) is 0 Å². The highest BCUT2D eigenvalue weighted by atomic mass is 32.2. The summed E-state index contributed by atoms with van der Waals surface area (Å²) >= 11 is 0. The fourth-order valence-corrected chi connectivity index (χ4v) is 2.32. The molecular weight excluding hydrogens is 288 g/mol. The molecule has 0 atom stereocenters. The molecule has 0 aliphatic carbocycles. The van der Waals surface area contributed by atoms with Gasteiger partial charge in [0.05, 0.1) is 4.90 Å². The van der Waals surface area contributed by atoms with Gasteiger partial charge in [-0.2, -0.15) is 0 Å². The van der Waals surface area contributed by atoms with Crippen molar-refractivity contribution in [2.24, 2.45) is 0 Å². The molecule has 3 N–H and O–H groups in total. The molecule has 0 aliphatic rings. The zero-order valence-electron chi connectivity index (χ0n) is 10.6. The molecule has 1 aromatic rings. The Morgan fingerprint density at radius 1 is 1.25 bits per heavy atom. The van der Waals surface area contributed by atoms with Crippen molar-refractivity contribution in [1.29, 1.82) is 0 Å². The average molecular weight is 302 g/mol. The monoisotopic (exact) mass is 302 g/mol. The molecule has 9 heteroatoms. The van der Waals surface area contributed by atoms with Crippen molar-refractivity contribution in [2.75, 3.05) is 13.2 Å². The summed E-state index contributed by atoms with van der Waals surface area (Å²) in [5, 5.41) is 8.32. The molecule has 0 heterocycles. The van der Waals surface area contributed by atoms with Crippen molar-refractivity contribution in [3.8, 4) is 0 Å². The number of nitrogens with one attached hydrogen (secondary N) is 2. The van der Waals surface area contributed by atoms with E-state index in [4.69, 9.17) is 5.11 Å². The third-order valence-corrected chi connectivity index (χ3v) is 3.68. The smallest absolute Gasteiger partial charge is 0.332 e. The first kappa shape index (κ1) is 16.1. The van der Waals surface area contributed by atoms with Crippen LogP contribution in [0.2, 0.25) is 0 Å². The van der Waals surface area contributed by atoms with Crippen LogP contribution in [-0.4, -0.2) is 38.6 Å². The maximum atomic E-state index is 11.7. The van der Waals surface area contributed by atoms with E-state index in [0.29, 0.717) is 0 Å². The van der Waals surface area contributed by atoms with E-state index in [1.165, 1.54) is 24.3 Å². The molecule has 0 aliphatic heterocycles. The maximum absolute atomic E-state index is 11.7. The molecule has 0 radical (unpaired) electrons. The van der Waals surface area contributed by atoms with Crippen LogP contribution in [0.1, 0.15) is 17.3 Å². The van der Waals surface area contributed by atoms with Crippen molar-refractivity contribution in [2.45, 2.75) is 11.8 Å². The normalized spacial score (nSPS) is 11.1. The molecule has 0 bridgehead atoms. The van der Waals surface area contributed by atoms with Crippen molar-refractivity contribution >= 4 is 21.9 Å². The summed E-state index contributed by atoms with van der Waals surface area (Å²) < 4.78 is 25.6. The van der Waals surface area contributed by atoms with Crippen LogP contribution in [0.15, 0.2) is 29.2 Å². The van der Waals surface area contributed by atoms with Gasteiger partial charge in [0.2, 0.25) is 10.0 Å². The van der Waals surface area contributed by atoms with Gasteiger partial charge < -0.3 is 5.11 Å². The lowest BCUT2D eigenvalue weighted by Gasteiger charge is -2.06. The summed E-state index contributed by atoms with van der Waals surface area (Å²) in [6.45, 7) is 1.24. The molecule has 8 nitrogen and oxygen atoms in total. The summed E-state index contributed by atoms with van der Waals surface area (Å²) in [5.74, 6) is -1.89. The van der Waals surface area contributed by atoms with Crippen molar-refractivity contribution in [1.82, 2.24) is 10.2 Å². The van der Waals surface area contributed by atoms with Gasteiger partial charge in [-0.05, 0) is 24.3 Å². The van der Waals surface area contributed by atoms with Crippen LogP contribution in [-0.2, 0) is 19.7 Å². The molecule has 0 unspecified atom stereocenters. The number of carbonyl (C=O) groups excluding carboxylic acids is 1. The van der Waals surface area contributed by atoms with E-state index in [1.807, 2.05) is 5.48 Å². The van der Waals surface area contributed by atoms with E-state index in [1.54, 1.807) is 6.92 Å². The van der Waals surface area contributed by atoms with Gasteiger partial charge in [-0.3, -0.25) is 9.63 Å². The molecule has 0 saturated heterocycles. The van der Waals surface area contributed by atoms with Crippen LogP contribution in [0.5, 0.6) is 0 Å². The first-order valence-corrected chi connectivity index (χ1v) is 7.08. The second kappa shape index (κ2) is 6.98. The lowest BCUT2D eigenvalue weighted by molar-refractivity contribution is -0.144. The maximum Gasteiger partial charge on any atom is 0.332 e. The van der Waals surface area contributed by atoms with Gasteiger partial charge >= 0.3 is 5.97 Å². The van der Waals surface area contributed by atoms with Gasteiger partial charge in [0, 0.05) is 12.1 Å². The van der Waals surface area contributed by atoms with Gasteiger partial charge in [0.1, 0.15) is 0 Å². The van der Waals surface area contributed by atoms with Crippen LogP contribution in [0.3, 0.4) is 0 Å². The van der Waals surface area contributed by atoms with E-state index in [2.05, 4.69) is 9.56 Å². The van der Waals surface area contributed by atoms with Crippen molar-refractivity contribution < 1.29 is 28.0 Å². The quantitative estimate of drug-likeness (QED) is 0.596. The van der Waals surface area contributed by atoms with Crippen LogP contribution in [0.25, 0.3) is 0 Å². The number of benzene rings is 1. The van der Waals surface area contributed by atoms with Gasteiger partial charge in [-0.25, -0.2) is 23.4 Å². The van der Waals surface area contributed by atoms with Crippen LogP contribution in [0, 0.1) is 0 Å². The summed E-state index contributed by atoms with van der Waals surface area (Å²) in [7, 11) is -3.57. The molecule has 0 aromatic heterocycles. The fourth-order valence-electron chi connectivity index (χ4n) is 1.28. The first-order chi connectivity index (χ1) is 9.36. The molecule has 0 fully saturated rings. The Morgan fingerprint density at radius 3 is 2.35 bits per heavy atom. The highest BCUT2D eigenvalue weighted by Gasteiger charge is 2.13. The Bertz CT molecular complexity index is 581. The Morgan fingerprint density at radius 2 is 1.85 bits per heavy atom. The molecule has 20 heavy (non-hydrogen) atoms. The Kier molecular flexibility index (Phi) is 5.62. The van der Waals surface area contributed by atoms with E-state index in [0.717, 1.165) is 0 Å². The number of hydrogen-bond acceptors (Lipinski definition) is 5. The summed E-state index contributed by atoms with van der Waals surface area (Å²) in [5.41, 5.74) is 2.07. The zero-order valence-corrected chi connectivity index (χ0v) is 11.4. The minimum absolute atomic E-state index is 0.0300. The predicted octanol–water partition coefficient (Wildman–Crippen LogP) is -0.269. The van der Waals surface area contributed by atoms with Gasteiger partial charge in [-0.15, -0.1) is 0 Å². The number of amides is 1. The van der Waals surface area contributed by atoms with Crippen molar-refractivity contribution in [3.05, 3.63) is 29.8 Å². The fraction of sp³-hybridized carbons (Fsp3) is 0.273. The highest BCUT2D eigenvalue weighted by molar-refractivity contribution is 7.89. The van der Waals surface area contributed by atoms with E-state index in [-0.39, 0.29) is 17.0 Å². The molecule has 110 valence electrons. The molecule has 1 rings (SSSR count). The number of carboxylic acids is 1. The van der Waals surface area contributed by atoms with E-state index in [9.17, 15) is 18.0 Å². The second-order valence-corrected chi connectivity index (χ2v) is 5.41. The number of carboxylic acid groups (broad SMARTS) is 1. The third-order valence-electron chi connectivity index (χ3n) is 2.12. The Labute approximate surface area is 115 Å². The number of carbonyl (C=O) groups is 2. The van der Waals surface area contributed by atoms with Gasteiger partial charge in [0.25, 0.3) is 5.91 Å². The van der Waals surface area contributed by atoms with Crippen LogP contribution < -0.4 is 10.2 Å². The predicted molar refractivity (Wildman–Crippen MR) is 68.4 cm³/mol. The number of hydrogen-bond donors (Lipinski definition) is 3. The SMILES string of the molecule is CCNS(=O)(=O)c1ccc(C(=O)NOCC(=O)O)cc1. The minimum atomic E-state index is -3.57. The lowest BCUT2D eigenvalue weighted by atomic mass is 10.2. The Hall–Kier alpha value is -1.97. The molecule has 1 amide bonds. The van der Waals surface area contributed by atoms with Crippen LogP contribution >= 0.6 is 0 Å². The highest BCUT2D eigenvalue weighted by Crippen LogP contribution is 2.10. The Balaban J connectivity index is 2.71. The average Bonchev–Trinajstić information content (AvgIpc) is 2.38. The molecule has 0 spiro atoms. The van der Waals surface area contributed by atoms with Crippen LogP contribution in [0.4, 0.5) is 0 Å². The largest absolute Gasteiger partial charge is 0.479 e. The third kappa shape index (κ3) is 4.61.